The van der Waals surface area contributed by atoms with Crippen molar-refractivity contribution in [2.75, 3.05) is 7.11 Å². The molecule has 0 bridgehead atoms. The van der Waals surface area contributed by atoms with Crippen LogP contribution in [-0.4, -0.2) is 15.2 Å². The SMILES string of the molecule is COc1ccc(C)cc1[Si](C)(C)C(C)(C)C. The molecule has 1 nitrogen and oxygen atoms in total. The molecule has 1 aromatic carbocycles. The summed E-state index contributed by atoms with van der Waals surface area (Å²) in [7, 11) is 0.262. The fourth-order valence-corrected chi connectivity index (χ4v) is 3.91. The average molecular weight is 236 g/mol. The van der Waals surface area contributed by atoms with Gasteiger partial charge in [-0.15, -0.1) is 0 Å². The Balaban J connectivity index is 3.36. The number of rotatable bonds is 2. The van der Waals surface area contributed by atoms with Crippen molar-refractivity contribution in [1.82, 2.24) is 0 Å². The third-order valence-corrected chi connectivity index (χ3v) is 9.39. The third kappa shape index (κ3) is 2.32. The molecule has 0 atom stereocenters. The minimum absolute atomic E-state index is 0.341. The highest BCUT2D eigenvalue weighted by atomic mass is 28.3. The van der Waals surface area contributed by atoms with Gasteiger partial charge >= 0.3 is 0 Å². The van der Waals surface area contributed by atoms with E-state index in [2.05, 4.69) is 59.0 Å². The van der Waals surface area contributed by atoms with E-state index in [0.717, 1.165) is 5.75 Å². The summed E-state index contributed by atoms with van der Waals surface area (Å²) in [4.78, 5) is 0. The largest absolute Gasteiger partial charge is 0.497 e. The molecule has 0 fully saturated rings. The summed E-state index contributed by atoms with van der Waals surface area (Å²) >= 11 is 0. The van der Waals surface area contributed by atoms with Crippen LogP contribution in [0, 0.1) is 6.92 Å². The zero-order valence-electron chi connectivity index (χ0n) is 11.6. The van der Waals surface area contributed by atoms with Crippen LogP contribution in [0.15, 0.2) is 18.2 Å². The smallest absolute Gasteiger partial charge is 0.118 e. The molecule has 16 heavy (non-hydrogen) atoms. The minimum Gasteiger partial charge on any atom is -0.497 e. The Morgan fingerprint density at radius 3 is 2.12 bits per heavy atom. The zero-order chi connectivity index (χ0) is 12.6. The van der Waals surface area contributed by atoms with Crippen molar-refractivity contribution in [3.8, 4) is 5.75 Å². The molecule has 0 saturated carbocycles. The molecule has 0 aliphatic rings. The van der Waals surface area contributed by atoms with Crippen LogP contribution in [0.25, 0.3) is 0 Å². The number of benzene rings is 1. The average Bonchev–Trinajstić information content (AvgIpc) is 2.16. The van der Waals surface area contributed by atoms with E-state index in [1.54, 1.807) is 7.11 Å². The van der Waals surface area contributed by atoms with E-state index in [1.165, 1.54) is 10.8 Å². The van der Waals surface area contributed by atoms with Crippen LogP contribution in [0.5, 0.6) is 5.75 Å². The maximum absolute atomic E-state index is 5.52. The molecular formula is C14H24OSi. The Bertz CT molecular complexity index is 375. The molecule has 0 aliphatic carbocycles. The molecule has 0 aliphatic heterocycles. The van der Waals surface area contributed by atoms with Gasteiger partial charge < -0.3 is 4.74 Å². The van der Waals surface area contributed by atoms with Gasteiger partial charge in [-0.1, -0.05) is 51.6 Å². The summed E-state index contributed by atoms with van der Waals surface area (Å²) < 4.78 is 5.52. The topological polar surface area (TPSA) is 9.23 Å². The molecule has 2 heteroatoms. The van der Waals surface area contributed by atoms with Crippen molar-refractivity contribution in [2.24, 2.45) is 0 Å². The molecule has 1 rings (SSSR count). The van der Waals surface area contributed by atoms with Crippen LogP contribution < -0.4 is 9.92 Å². The summed E-state index contributed by atoms with van der Waals surface area (Å²) in [5.74, 6) is 1.05. The Morgan fingerprint density at radius 1 is 1.12 bits per heavy atom. The monoisotopic (exact) mass is 236 g/mol. The summed E-state index contributed by atoms with van der Waals surface area (Å²) in [6.07, 6.45) is 0. The van der Waals surface area contributed by atoms with Gasteiger partial charge in [-0.2, -0.15) is 0 Å². The highest BCUT2D eigenvalue weighted by Crippen LogP contribution is 2.37. The Morgan fingerprint density at radius 2 is 1.69 bits per heavy atom. The number of ether oxygens (including phenoxy) is 1. The predicted molar refractivity (Wildman–Crippen MR) is 74.6 cm³/mol. The summed E-state index contributed by atoms with van der Waals surface area (Å²) in [5, 5.41) is 1.77. The molecule has 90 valence electrons. The lowest BCUT2D eigenvalue weighted by Gasteiger charge is -2.38. The maximum atomic E-state index is 5.52. The number of aryl methyl sites for hydroxylation is 1. The van der Waals surface area contributed by atoms with Crippen LogP contribution >= 0.6 is 0 Å². The first kappa shape index (κ1) is 13.3. The van der Waals surface area contributed by atoms with E-state index in [9.17, 15) is 0 Å². The van der Waals surface area contributed by atoms with E-state index in [0.29, 0.717) is 5.04 Å². The van der Waals surface area contributed by atoms with Gasteiger partial charge in [0.15, 0.2) is 0 Å². The molecule has 0 amide bonds. The Hall–Kier alpha value is -0.763. The highest BCUT2D eigenvalue weighted by molar-refractivity contribution is 6.92. The molecule has 0 aromatic heterocycles. The first-order chi connectivity index (χ1) is 7.20. The van der Waals surface area contributed by atoms with Gasteiger partial charge in [-0.3, -0.25) is 0 Å². The van der Waals surface area contributed by atoms with E-state index in [1.807, 2.05) is 0 Å². The van der Waals surface area contributed by atoms with Crippen LogP contribution in [-0.2, 0) is 0 Å². The Kier molecular flexibility index (Phi) is 3.53. The summed E-state index contributed by atoms with van der Waals surface area (Å²) in [6.45, 7) is 14.0. The third-order valence-electron chi connectivity index (χ3n) is 3.90. The van der Waals surface area contributed by atoms with Crippen molar-refractivity contribution in [3.05, 3.63) is 23.8 Å². The fourth-order valence-electron chi connectivity index (χ4n) is 1.71. The molecule has 0 spiro atoms. The van der Waals surface area contributed by atoms with Crippen molar-refractivity contribution in [3.63, 3.8) is 0 Å². The first-order valence-electron chi connectivity index (χ1n) is 5.85. The summed E-state index contributed by atoms with van der Waals surface area (Å²) in [5.41, 5.74) is 1.32. The molecule has 0 saturated heterocycles. The molecule has 0 radical (unpaired) electrons. The van der Waals surface area contributed by atoms with Crippen molar-refractivity contribution in [2.45, 2.75) is 45.8 Å². The van der Waals surface area contributed by atoms with Crippen LogP contribution in [0.4, 0.5) is 0 Å². The standard InChI is InChI=1S/C14H24OSi/c1-11-8-9-12(15-5)13(10-11)16(6,7)14(2,3)4/h8-10H,1-7H3. The highest BCUT2D eigenvalue weighted by Gasteiger charge is 2.38. The maximum Gasteiger partial charge on any atom is 0.118 e. The van der Waals surface area contributed by atoms with Gasteiger partial charge in [0.25, 0.3) is 0 Å². The van der Waals surface area contributed by atoms with E-state index in [4.69, 9.17) is 4.74 Å². The van der Waals surface area contributed by atoms with Crippen LogP contribution in [0.1, 0.15) is 26.3 Å². The predicted octanol–water partition coefficient (Wildman–Crippen LogP) is 3.72. The number of methoxy groups -OCH3 is 1. The lowest BCUT2D eigenvalue weighted by Crippen LogP contribution is -2.50. The van der Waals surface area contributed by atoms with Crippen molar-refractivity contribution in [1.29, 1.82) is 0 Å². The molecular weight excluding hydrogens is 212 g/mol. The van der Waals surface area contributed by atoms with Gasteiger partial charge in [0.2, 0.25) is 0 Å². The molecule has 0 unspecified atom stereocenters. The van der Waals surface area contributed by atoms with Gasteiger partial charge in [0, 0.05) is 0 Å². The Labute approximate surface area is 101 Å². The first-order valence-corrected chi connectivity index (χ1v) is 8.85. The number of hydrogen-bond donors (Lipinski definition) is 0. The van der Waals surface area contributed by atoms with Gasteiger partial charge in [-0.25, -0.2) is 0 Å². The van der Waals surface area contributed by atoms with E-state index in [-0.39, 0.29) is 0 Å². The van der Waals surface area contributed by atoms with Gasteiger partial charge in [-0.05, 0) is 23.2 Å². The number of hydrogen-bond acceptors (Lipinski definition) is 1. The molecule has 0 N–H and O–H groups in total. The van der Waals surface area contributed by atoms with Gasteiger partial charge in [0.1, 0.15) is 5.75 Å². The molecule has 0 heterocycles. The fraction of sp³-hybridized carbons (Fsp3) is 0.571. The van der Waals surface area contributed by atoms with Crippen molar-refractivity contribution < 1.29 is 4.74 Å². The minimum atomic E-state index is -1.50. The lowest BCUT2D eigenvalue weighted by molar-refractivity contribution is 0.417. The van der Waals surface area contributed by atoms with Gasteiger partial charge in [0.05, 0.1) is 15.2 Å². The second kappa shape index (κ2) is 4.25. The van der Waals surface area contributed by atoms with Crippen LogP contribution in [0.2, 0.25) is 18.1 Å². The normalized spacial score (nSPS) is 12.7. The molecule has 1 aromatic rings. The zero-order valence-corrected chi connectivity index (χ0v) is 12.6. The lowest BCUT2D eigenvalue weighted by atomic mass is 10.2. The van der Waals surface area contributed by atoms with Crippen LogP contribution in [0.3, 0.4) is 0 Å². The second-order valence-electron chi connectivity index (χ2n) is 6.08. The summed E-state index contributed by atoms with van der Waals surface area (Å²) in [6, 6.07) is 6.52. The van der Waals surface area contributed by atoms with E-state index < -0.39 is 8.07 Å². The van der Waals surface area contributed by atoms with Crippen molar-refractivity contribution >= 4 is 13.3 Å². The van der Waals surface area contributed by atoms with E-state index >= 15 is 0 Å². The quantitative estimate of drug-likeness (QED) is 0.711. The second-order valence-corrected chi connectivity index (χ2v) is 11.4.